The van der Waals surface area contributed by atoms with Crippen LogP contribution in [-0.4, -0.2) is 71.4 Å². The van der Waals surface area contributed by atoms with Crippen LogP contribution in [0.25, 0.3) is 16.9 Å². The largest absolute Gasteiger partial charge is 0.363 e. The van der Waals surface area contributed by atoms with Gasteiger partial charge in [-0.2, -0.15) is 0 Å². The van der Waals surface area contributed by atoms with Gasteiger partial charge < -0.3 is 20.9 Å². The fourth-order valence-electron chi connectivity index (χ4n) is 4.63. The molecule has 13 nitrogen and oxygen atoms in total. The number of amides is 3. The van der Waals surface area contributed by atoms with E-state index in [2.05, 4.69) is 49.5 Å². The fraction of sp³-hybridized carbons (Fsp3) is 0.320. The van der Waals surface area contributed by atoms with Gasteiger partial charge in [0, 0.05) is 38.1 Å². The number of hydrogen-bond acceptors (Lipinski definition) is 8. The first-order valence-corrected chi connectivity index (χ1v) is 12.0. The van der Waals surface area contributed by atoms with Crippen molar-refractivity contribution in [1.29, 1.82) is 0 Å². The van der Waals surface area contributed by atoms with Crippen molar-refractivity contribution >= 4 is 34.7 Å². The van der Waals surface area contributed by atoms with E-state index < -0.39 is 11.8 Å². The normalized spacial score (nSPS) is 14.7. The van der Waals surface area contributed by atoms with Gasteiger partial charge in [-0.25, -0.2) is 4.98 Å². The first-order valence-electron chi connectivity index (χ1n) is 12.0. The molecule has 0 spiro atoms. The van der Waals surface area contributed by atoms with E-state index >= 15 is 0 Å². The van der Waals surface area contributed by atoms with Crippen LogP contribution in [0.1, 0.15) is 40.8 Å². The summed E-state index contributed by atoms with van der Waals surface area (Å²) in [6.07, 6.45) is 4.89. The summed E-state index contributed by atoms with van der Waals surface area (Å²) in [6.45, 7) is 8.13. The lowest BCUT2D eigenvalue weighted by Gasteiger charge is -2.45. The van der Waals surface area contributed by atoms with Crippen LogP contribution in [-0.2, 0) is 11.8 Å². The third kappa shape index (κ3) is 4.95. The summed E-state index contributed by atoms with van der Waals surface area (Å²) in [7, 11) is 1.68. The van der Waals surface area contributed by atoms with Gasteiger partial charge in [-0.15, -0.1) is 10.2 Å². The van der Waals surface area contributed by atoms with Gasteiger partial charge in [0.1, 0.15) is 0 Å². The summed E-state index contributed by atoms with van der Waals surface area (Å²) < 4.78 is 3.09. The van der Waals surface area contributed by atoms with Crippen molar-refractivity contribution in [3.63, 3.8) is 0 Å². The number of likely N-dealkylation sites (tertiary alicyclic amines) is 1. The van der Waals surface area contributed by atoms with Crippen LogP contribution in [0.15, 0.2) is 36.8 Å². The molecule has 0 radical (unpaired) electrons. The Morgan fingerprint density at radius 2 is 1.87 bits per heavy atom. The number of hydrogen-bond donors (Lipinski definition) is 3. The van der Waals surface area contributed by atoms with Gasteiger partial charge in [-0.05, 0) is 30.5 Å². The molecule has 0 bridgehead atoms. The van der Waals surface area contributed by atoms with Gasteiger partial charge in [0.15, 0.2) is 11.5 Å². The molecule has 13 heteroatoms. The number of rotatable bonds is 7. The Kier molecular flexibility index (Phi) is 6.15. The average molecular weight is 517 g/mol. The Balaban J connectivity index is 1.30. The Morgan fingerprint density at radius 1 is 1.11 bits per heavy atom. The van der Waals surface area contributed by atoms with Crippen molar-refractivity contribution in [3.05, 3.63) is 54.1 Å². The maximum atomic E-state index is 13.1. The van der Waals surface area contributed by atoms with Crippen molar-refractivity contribution in [2.75, 3.05) is 30.3 Å². The van der Waals surface area contributed by atoms with E-state index in [-0.39, 0.29) is 23.0 Å². The molecule has 0 saturated carbocycles. The predicted molar refractivity (Wildman–Crippen MR) is 139 cm³/mol. The number of fused-ring (bicyclic) bond motifs is 1. The van der Waals surface area contributed by atoms with E-state index in [1.54, 1.807) is 59.7 Å². The minimum absolute atomic E-state index is 0.0691. The first-order chi connectivity index (χ1) is 18.0. The molecule has 3 amide bonds. The number of nitrogens with two attached hydrogens (primary N) is 1. The number of pyridine rings is 2. The third-order valence-electron chi connectivity index (χ3n) is 6.29. The van der Waals surface area contributed by atoms with E-state index in [1.807, 2.05) is 0 Å². The molecule has 38 heavy (non-hydrogen) atoms. The van der Waals surface area contributed by atoms with Crippen LogP contribution in [0.5, 0.6) is 0 Å². The number of carbonyl (C=O) groups excluding carboxylic acids is 3. The fourth-order valence-corrected chi connectivity index (χ4v) is 4.63. The van der Waals surface area contributed by atoms with E-state index in [1.165, 1.54) is 0 Å². The number of aromatic nitrogens is 6. The Labute approximate surface area is 218 Å². The zero-order valence-electron chi connectivity index (χ0n) is 21.5. The highest BCUT2D eigenvalue weighted by atomic mass is 16.2. The smallest absolute Gasteiger partial charge is 0.294 e. The van der Waals surface area contributed by atoms with E-state index in [0.717, 1.165) is 13.1 Å². The second-order valence-electron chi connectivity index (χ2n) is 10.3. The summed E-state index contributed by atoms with van der Waals surface area (Å²) in [5.74, 6) is -1.06. The summed E-state index contributed by atoms with van der Waals surface area (Å²) in [5.41, 5.74) is 8.75. The SMILES string of the molecule is Cc1ncc(NC(=O)CN2CC(C)(C)C2)cc1NC(=O)c1nnc2cc(-c3cn(C)c(C(N)=O)n3)ccn12. The molecule has 0 aliphatic carbocycles. The van der Waals surface area contributed by atoms with Crippen molar-refractivity contribution in [2.24, 2.45) is 18.2 Å². The van der Waals surface area contributed by atoms with Crippen molar-refractivity contribution in [3.8, 4) is 11.3 Å². The van der Waals surface area contributed by atoms with Crippen molar-refractivity contribution in [1.82, 2.24) is 34.0 Å². The number of carbonyl (C=O) groups is 3. The van der Waals surface area contributed by atoms with Gasteiger partial charge >= 0.3 is 0 Å². The molecule has 5 heterocycles. The molecule has 4 aromatic heterocycles. The molecule has 1 aliphatic heterocycles. The van der Waals surface area contributed by atoms with Crippen LogP contribution in [0, 0.1) is 12.3 Å². The maximum Gasteiger partial charge on any atom is 0.294 e. The lowest BCUT2D eigenvalue weighted by Crippen LogP contribution is -2.54. The van der Waals surface area contributed by atoms with Crippen LogP contribution in [0.2, 0.25) is 0 Å². The molecular weight excluding hydrogens is 488 g/mol. The summed E-state index contributed by atoms with van der Waals surface area (Å²) >= 11 is 0. The maximum absolute atomic E-state index is 13.1. The van der Waals surface area contributed by atoms with Gasteiger partial charge in [0.25, 0.3) is 11.8 Å². The zero-order valence-corrected chi connectivity index (χ0v) is 21.5. The minimum atomic E-state index is -0.630. The van der Waals surface area contributed by atoms with Crippen LogP contribution in [0.3, 0.4) is 0 Å². The molecule has 4 N–H and O–H groups in total. The monoisotopic (exact) mass is 516 g/mol. The highest BCUT2D eigenvalue weighted by Gasteiger charge is 2.34. The van der Waals surface area contributed by atoms with Crippen LogP contribution in [0.4, 0.5) is 11.4 Å². The van der Waals surface area contributed by atoms with E-state index in [0.29, 0.717) is 40.5 Å². The van der Waals surface area contributed by atoms with Gasteiger partial charge in [-0.1, -0.05) is 13.8 Å². The summed E-state index contributed by atoms with van der Waals surface area (Å²) in [4.78, 5) is 47.7. The number of nitrogens with zero attached hydrogens (tertiary/aromatic N) is 7. The lowest BCUT2D eigenvalue weighted by molar-refractivity contribution is -0.120. The first kappa shape index (κ1) is 25.0. The lowest BCUT2D eigenvalue weighted by atomic mass is 9.84. The average Bonchev–Trinajstić information content (AvgIpc) is 3.43. The van der Waals surface area contributed by atoms with Crippen molar-refractivity contribution < 1.29 is 14.4 Å². The molecule has 5 rings (SSSR count). The van der Waals surface area contributed by atoms with Gasteiger partial charge in [0.05, 0.1) is 35.5 Å². The van der Waals surface area contributed by atoms with E-state index in [4.69, 9.17) is 5.73 Å². The highest BCUT2D eigenvalue weighted by molar-refractivity contribution is 6.03. The molecule has 196 valence electrons. The molecule has 0 unspecified atom stereocenters. The van der Waals surface area contributed by atoms with Crippen LogP contribution < -0.4 is 16.4 Å². The molecule has 1 fully saturated rings. The second-order valence-corrected chi connectivity index (χ2v) is 10.3. The molecule has 4 aromatic rings. The zero-order chi connectivity index (χ0) is 27.2. The molecule has 1 aliphatic rings. The third-order valence-corrected chi connectivity index (χ3v) is 6.29. The van der Waals surface area contributed by atoms with Gasteiger partial charge in [-0.3, -0.25) is 28.7 Å². The molecule has 0 atom stereocenters. The number of imidazole rings is 1. The second kappa shape index (κ2) is 9.34. The quantitative estimate of drug-likeness (QED) is 0.332. The number of nitrogens with one attached hydrogen (secondary N) is 2. The number of anilines is 2. The predicted octanol–water partition coefficient (Wildman–Crippen LogP) is 1.46. The minimum Gasteiger partial charge on any atom is -0.363 e. The van der Waals surface area contributed by atoms with Gasteiger partial charge in [0.2, 0.25) is 11.7 Å². The molecule has 0 aromatic carbocycles. The number of aryl methyl sites for hydroxylation is 2. The summed E-state index contributed by atoms with van der Waals surface area (Å²) in [5, 5.41) is 13.8. The standard InChI is InChI=1S/C25H28N10O3/c1-14-17(8-16(9-27-14)28-20(36)11-34-12-25(2,3)13-34)30-24(38)23-32-31-19-7-15(5-6-35(19)23)18-10-33(4)22(29-18)21(26)37/h5-10H,11-13H2,1-4H3,(H2,26,37)(H,28,36)(H,30,38). The highest BCUT2D eigenvalue weighted by Crippen LogP contribution is 2.28. The van der Waals surface area contributed by atoms with Crippen molar-refractivity contribution in [2.45, 2.75) is 20.8 Å². The molecule has 1 saturated heterocycles. The Morgan fingerprint density at radius 3 is 2.55 bits per heavy atom. The Bertz CT molecular complexity index is 1580. The van der Waals surface area contributed by atoms with Crippen LogP contribution >= 0.6 is 0 Å². The molecular formula is C25H28N10O3. The summed E-state index contributed by atoms with van der Waals surface area (Å²) in [6, 6.07) is 5.11. The topological polar surface area (TPSA) is 165 Å². The van der Waals surface area contributed by atoms with E-state index in [9.17, 15) is 14.4 Å². The Hall–Kier alpha value is -4.65. The number of primary amides is 1.